The summed E-state index contributed by atoms with van der Waals surface area (Å²) in [5, 5.41) is 7.39. The van der Waals surface area contributed by atoms with Crippen LogP contribution in [0, 0.1) is 5.92 Å². The fraction of sp³-hybridized carbons (Fsp3) is 0.381. The first-order valence-electron chi connectivity index (χ1n) is 9.35. The number of carbonyl (C=O) groups is 1. The lowest BCUT2D eigenvalue weighted by atomic mass is 9.96. The molecule has 27 heavy (non-hydrogen) atoms. The molecule has 0 unspecified atom stereocenters. The molecule has 1 aromatic heterocycles. The number of hydrogen-bond acceptors (Lipinski definition) is 5. The highest BCUT2D eigenvalue weighted by Gasteiger charge is 2.19. The number of thiophene rings is 1. The monoisotopic (exact) mass is 384 g/mol. The summed E-state index contributed by atoms with van der Waals surface area (Å²) in [5.74, 6) is 1.99. The molecule has 1 aromatic carbocycles. The second-order valence-electron chi connectivity index (χ2n) is 7.04. The van der Waals surface area contributed by atoms with Gasteiger partial charge in [-0.1, -0.05) is 6.07 Å². The average Bonchev–Trinajstić information content (AvgIpc) is 3.37. The maximum Gasteiger partial charge on any atom is 0.244 e. The standard InChI is InChI=1S/C21H24N2O3S/c24-21(4-2-16-1-3-19-20(11-16)26-15-25-19)22-12-17-5-8-23(9-6-17)13-18-7-10-27-14-18/h1-4,7,10-11,14,17H,5-6,8-9,12-13,15H2,(H,22,24)/b4-2+. The van der Waals surface area contributed by atoms with Crippen molar-refractivity contribution in [2.24, 2.45) is 5.92 Å². The number of ether oxygens (including phenoxy) is 2. The van der Waals surface area contributed by atoms with Crippen LogP contribution in [0.15, 0.2) is 41.1 Å². The Bertz CT molecular complexity index is 796. The Morgan fingerprint density at radius 1 is 1.22 bits per heavy atom. The van der Waals surface area contributed by atoms with Crippen LogP contribution in [0.3, 0.4) is 0 Å². The number of likely N-dealkylation sites (tertiary alicyclic amines) is 1. The van der Waals surface area contributed by atoms with Gasteiger partial charge in [0.05, 0.1) is 0 Å². The zero-order valence-electron chi connectivity index (χ0n) is 15.2. The number of nitrogens with zero attached hydrogens (tertiary/aromatic N) is 1. The topological polar surface area (TPSA) is 50.8 Å². The van der Waals surface area contributed by atoms with Gasteiger partial charge in [-0.15, -0.1) is 0 Å². The number of benzene rings is 1. The van der Waals surface area contributed by atoms with E-state index in [1.807, 2.05) is 18.2 Å². The summed E-state index contributed by atoms with van der Waals surface area (Å²) in [5.41, 5.74) is 2.33. The minimum absolute atomic E-state index is 0.0478. The highest BCUT2D eigenvalue weighted by molar-refractivity contribution is 7.07. The van der Waals surface area contributed by atoms with Gasteiger partial charge in [0, 0.05) is 19.2 Å². The molecule has 2 aromatic rings. The van der Waals surface area contributed by atoms with E-state index in [1.165, 1.54) is 5.56 Å². The Labute approximate surface area is 163 Å². The van der Waals surface area contributed by atoms with Gasteiger partial charge in [0.25, 0.3) is 0 Å². The number of fused-ring (bicyclic) bond motifs is 1. The number of nitrogens with one attached hydrogen (secondary N) is 1. The maximum atomic E-state index is 12.1. The van der Waals surface area contributed by atoms with Gasteiger partial charge in [-0.3, -0.25) is 9.69 Å². The van der Waals surface area contributed by atoms with Crippen molar-refractivity contribution in [3.8, 4) is 11.5 Å². The van der Waals surface area contributed by atoms with E-state index >= 15 is 0 Å². The minimum Gasteiger partial charge on any atom is -0.454 e. The molecule has 3 heterocycles. The van der Waals surface area contributed by atoms with E-state index in [1.54, 1.807) is 23.5 Å². The van der Waals surface area contributed by atoms with Crippen LogP contribution in [0.2, 0.25) is 0 Å². The van der Waals surface area contributed by atoms with Crippen LogP contribution in [0.25, 0.3) is 6.08 Å². The molecule has 0 radical (unpaired) electrons. The van der Waals surface area contributed by atoms with Crippen molar-refractivity contribution in [1.82, 2.24) is 10.2 Å². The van der Waals surface area contributed by atoms with Crippen molar-refractivity contribution in [1.29, 1.82) is 0 Å². The SMILES string of the molecule is O=C(/C=C/c1ccc2c(c1)OCO2)NCC1CCN(Cc2ccsc2)CC1. The Morgan fingerprint density at radius 3 is 2.89 bits per heavy atom. The molecular weight excluding hydrogens is 360 g/mol. The molecule has 2 aliphatic heterocycles. The number of amides is 1. The number of rotatable bonds is 6. The summed E-state index contributed by atoms with van der Waals surface area (Å²) in [4.78, 5) is 14.6. The maximum absolute atomic E-state index is 12.1. The van der Waals surface area contributed by atoms with E-state index in [4.69, 9.17) is 9.47 Å². The molecule has 142 valence electrons. The van der Waals surface area contributed by atoms with Crippen molar-refractivity contribution >= 4 is 23.3 Å². The molecule has 0 bridgehead atoms. The predicted molar refractivity (Wildman–Crippen MR) is 107 cm³/mol. The van der Waals surface area contributed by atoms with Crippen molar-refractivity contribution in [2.45, 2.75) is 19.4 Å². The molecule has 1 saturated heterocycles. The van der Waals surface area contributed by atoms with Crippen LogP contribution in [-0.2, 0) is 11.3 Å². The number of carbonyl (C=O) groups excluding carboxylic acids is 1. The average molecular weight is 385 g/mol. The lowest BCUT2D eigenvalue weighted by Gasteiger charge is -2.31. The Hall–Kier alpha value is -2.31. The third-order valence-electron chi connectivity index (χ3n) is 5.08. The third-order valence-corrected chi connectivity index (χ3v) is 5.81. The lowest BCUT2D eigenvalue weighted by Crippen LogP contribution is -2.37. The van der Waals surface area contributed by atoms with Crippen molar-refractivity contribution < 1.29 is 14.3 Å². The zero-order valence-corrected chi connectivity index (χ0v) is 16.0. The molecule has 0 spiro atoms. The second-order valence-corrected chi connectivity index (χ2v) is 7.82. The van der Waals surface area contributed by atoms with Gasteiger partial charge in [0.15, 0.2) is 11.5 Å². The molecule has 2 aliphatic rings. The van der Waals surface area contributed by atoms with Crippen LogP contribution < -0.4 is 14.8 Å². The summed E-state index contributed by atoms with van der Waals surface area (Å²) in [6, 6.07) is 7.86. The fourth-order valence-corrected chi connectivity index (χ4v) is 4.14. The van der Waals surface area contributed by atoms with Crippen molar-refractivity contribution in [2.75, 3.05) is 26.4 Å². The van der Waals surface area contributed by atoms with E-state index in [-0.39, 0.29) is 12.7 Å². The molecule has 1 N–H and O–H groups in total. The van der Waals surface area contributed by atoms with Crippen LogP contribution in [0.5, 0.6) is 11.5 Å². The number of piperidine rings is 1. The Balaban J connectivity index is 1.18. The molecule has 0 atom stereocenters. The van der Waals surface area contributed by atoms with Crippen molar-refractivity contribution in [3.05, 3.63) is 52.2 Å². The first-order valence-corrected chi connectivity index (χ1v) is 10.3. The Kier molecular flexibility index (Phi) is 5.75. The molecule has 6 heteroatoms. The van der Waals surface area contributed by atoms with E-state index < -0.39 is 0 Å². The molecule has 1 amide bonds. The minimum atomic E-state index is -0.0478. The smallest absolute Gasteiger partial charge is 0.244 e. The van der Waals surface area contributed by atoms with E-state index in [0.29, 0.717) is 5.92 Å². The first-order chi connectivity index (χ1) is 13.3. The van der Waals surface area contributed by atoms with Gasteiger partial charge < -0.3 is 14.8 Å². The van der Waals surface area contributed by atoms with Crippen LogP contribution in [-0.4, -0.2) is 37.2 Å². The van der Waals surface area contributed by atoms with E-state index in [9.17, 15) is 4.79 Å². The fourth-order valence-electron chi connectivity index (χ4n) is 3.48. The van der Waals surface area contributed by atoms with E-state index in [2.05, 4.69) is 27.0 Å². The first kappa shape index (κ1) is 18.1. The van der Waals surface area contributed by atoms with E-state index in [0.717, 1.165) is 56.1 Å². The summed E-state index contributed by atoms with van der Waals surface area (Å²) in [6.45, 7) is 4.25. The van der Waals surface area contributed by atoms with Gasteiger partial charge in [0.2, 0.25) is 12.7 Å². The third kappa shape index (κ3) is 4.90. The van der Waals surface area contributed by atoms with Crippen LogP contribution >= 0.6 is 11.3 Å². The summed E-state index contributed by atoms with van der Waals surface area (Å²) in [6.07, 6.45) is 5.66. The van der Waals surface area contributed by atoms with Gasteiger partial charge in [-0.2, -0.15) is 11.3 Å². The summed E-state index contributed by atoms with van der Waals surface area (Å²) in [7, 11) is 0. The molecule has 0 saturated carbocycles. The van der Waals surface area contributed by atoms with Gasteiger partial charge >= 0.3 is 0 Å². The Morgan fingerprint density at radius 2 is 2.07 bits per heavy atom. The summed E-state index contributed by atoms with van der Waals surface area (Å²) >= 11 is 1.75. The molecule has 5 nitrogen and oxygen atoms in total. The molecule has 0 aliphatic carbocycles. The zero-order chi connectivity index (χ0) is 18.5. The molecule has 4 rings (SSSR count). The van der Waals surface area contributed by atoms with Crippen molar-refractivity contribution in [3.63, 3.8) is 0 Å². The largest absolute Gasteiger partial charge is 0.454 e. The quantitative estimate of drug-likeness (QED) is 0.775. The molecule has 1 fully saturated rings. The predicted octanol–water partition coefficient (Wildman–Crippen LogP) is 3.52. The van der Waals surface area contributed by atoms with Gasteiger partial charge in [0.1, 0.15) is 0 Å². The van der Waals surface area contributed by atoms with Crippen LogP contribution in [0.1, 0.15) is 24.0 Å². The van der Waals surface area contributed by atoms with Gasteiger partial charge in [-0.05, 0) is 78.0 Å². The summed E-state index contributed by atoms with van der Waals surface area (Å²) < 4.78 is 10.6. The normalized spacial score (nSPS) is 17.5. The van der Waals surface area contributed by atoms with Gasteiger partial charge in [-0.25, -0.2) is 0 Å². The molecular formula is C21H24N2O3S. The lowest BCUT2D eigenvalue weighted by molar-refractivity contribution is -0.116. The number of hydrogen-bond donors (Lipinski definition) is 1. The second kappa shape index (κ2) is 8.59. The highest BCUT2D eigenvalue weighted by atomic mass is 32.1. The van der Waals surface area contributed by atoms with Crippen LogP contribution in [0.4, 0.5) is 0 Å². The highest BCUT2D eigenvalue weighted by Crippen LogP contribution is 2.32.